The summed E-state index contributed by atoms with van der Waals surface area (Å²) in [5.41, 5.74) is 2.17. The Kier molecular flexibility index (Phi) is 2.68. The maximum atomic E-state index is 12.1. The van der Waals surface area contributed by atoms with Crippen LogP contribution >= 0.6 is 0 Å². The highest BCUT2D eigenvalue weighted by molar-refractivity contribution is 5.99. The van der Waals surface area contributed by atoms with E-state index in [9.17, 15) is 9.59 Å². The Morgan fingerprint density at radius 3 is 2.79 bits per heavy atom. The molecule has 0 amide bonds. The topological polar surface area (TPSA) is 91.5 Å². The van der Waals surface area contributed by atoms with E-state index in [4.69, 9.17) is 0 Å². The lowest BCUT2D eigenvalue weighted by Gasteiger charge is -2.00. The fourth-order valence-electron chi connectivity index (χ4n) is 1.89. The van der Waals surface area contributed by atoms with Crippen molar-refractivity contribution < 1.29 is 4.79 Å². The van der Waals surface area contributed by atoms with Gasteiger partial charge in [0.2, 0.25) is 0 Å². The molecule has 94 valence electrons. The number of ketones is 1. The van der Waals surface area contributed by atoms with Crippen molar-refractivity contribution in [3.05, 3.63) is 58.5 Å². The van der Waals surface area contributed by atoms with E-state index in [1.165, 1.54) is 0 Å². The van der Waals surface area contributed by atoms with Crippen LogP contribution in [0.5, 0.6) is 0 Å². The van der Waals surface area contributed by atoms with Crippen LogP contribution in [0.4, 0.5) is 0 Å². The zero-order valence-electron chi connectivity index (χ0n) is 9.88. The zero-order valence-corrected chi connectivity index (χ0v) is 9.88. The molecule has 0 saturated heterocycles. The summed E-state index contributed by atoms with van der Waals surface area (Å²) in [6.45, 7) is 0. The van der Waals surface area contributed by atoms with Crippen LogP contribution in [0.1, 0.15) is 16.1 Å². The quantitative estimate of drug-likeness (QED) is 0.684. The van der Waals surface area contributed by atoms with Crippen molar-refractivity contribution in [1.29, 1.82) is 0 Å². The van der Waals surface area contributed by atoms with Gasteiger partial charge in [0.05, 0.1) is 23.1 Å². The Balaban J connectivity index is 1.91. The first kappa shape index (κ1) is 11.3. The van der Waals surface area contributed by atoms with E-state index in [0.29, 0.717) is 22.3 Å². The molecule has 19 heavy (non-hydrogen) atoms. The average molecular weight is 254 g/mol. The standard InChI is InChI=1S/C13H10N4O2/c18-12(6-9-7-14-3-4-15-9)8-1-2-10-11(5-8)17-13(19)16-10/h1-5,7H,6H2,(H2,16,17,19). The van der Waals surface area contributed by atoms with Crippen molar-refractivity contribution in [1.82, 2.24) is 19.9 Å². The molecule has 0 aliphatic heterocycles. The second kappa shape index (κ2) is 4.49. The van der Waals surface area contributed by atoms with Crippen molar-refractivity contribution in [3.8, 4) is 0 Å². The van der Waals surface area contributed by atoms with Crippen LogP contribution < -0.4 is 5.69 Å². The molecule has 0 bridgehead atoms. The minimum Gasteiger partial charge on any atom is -0.306 e. The number of Topliss-reactive ketones (excluding diaryl/α,β-unsaturated/α-hetero) is 1. The molecule has 1 aromatic carbocycles. The smallest absolute Gasteiger partial charge is 0.306 e. The predicted molar refractivity (Wildman–Crippen MR) is 69.0 cm³/mol. The molecule has 0 saturated carbocycles. The zero-order chi connectivity index (χ0) is 13.2. The van der Waals surface area contributed by atoms with Gasteiger partial charge < -0.3 is 9.97 Å². The van der Waals surface area contributed by atoms with Crippen molar-refractivity contribution in [2.45, 2.75) is 6.42 Å². The molecule has 2 aromatic heterocycles. The molecular weight excluding hydrogens is 244 g/mol. The van der Waals surface area contributed by atoms with Gasteiger partial charge in [0, 0.05) is 24.2 Å². The summed E-state index contributed by atoms with van der Waals surface area (Å²) in [4.78, 5) is 36.5. The Bertz CT molecular complexity index is 789. The van der Waals surface area contributed by atoms with Crippen LogP contribution in [0.25, 0.3) is 11.0 Å². The molecular formula is C13H10N4O2. The van der Waals surface area contributed by atoms with E-state index in [0.717, 1.165) is 0 Å². The van der Waals surface area contributed by atoms with Gasteiger partial charge in [-0.1, -0.05) is 0 Å². The van der Waals surface area contributed by atoms with Crippen LogP contribution in [0.3, 0.4) is 0 Å². The summed E-state index contributed by atoms with van der Waals surface area (Å²) in [6, 6.07) is 5.05. The normalized spacial score (nSPS) is 10.7. The first-order valence-corrected chi connectivity index (χ1v) is 5.72. The Hall–Kier alpha value is -2.76. The van der Waals surface area contributed by atoms with Crippen LogP contribution in [-0.2, 0) is 6.42 Å². The second-order valence-corrected chi connectivity index (χ2v) is 4.14. The maximum absolute atomic E-state index is 12.1. The number of H-pyrrole nitrogens is 2. The van der Waals surface area contributed by atoms with Crippen molar-refractivity contribution in [2.75, 3.05) is 0 Å². The third-order valence-electron chi connectivity index (χ3n) is 2.80. The van der Waals surface area contributed by atoms with Crippen LogP contribution in [-0.4, -0.2) is 25.7 Å². The molecule has 0 aliphatic carbocycles. The van der Waals surface area contributed by atoms with Crippen molar-refractivity contribution in [3.63, 3.8) is 0 Å². The molecule has 0 radical (unpaired) electrons. The largest absolute Gasteiger partial charge is 0.323 e. The molecule has 3 rings (SSSR count). The maximum Gasteiger partial charge on any atom is 0.323 e. The number of carbonyl (C=O) groups excluding carboxylic acids is 1. The fraction of sp³-hybridized carbons (Fsp3) is 0.0769. The number of fused-ring (bicyclic) bond motifs is 1. The van der Waals surface area contributed by atoms with Crippen LogP contribution in [0, 0.1) is 0 Å². The lowest BCUT2D eigenvalue weighted by atomic mass is 10.1. The molecule has 0 spiro atoms. The number of nitrogens with one attached hydrogen (secondary N) is 2. The van der Waals surface area contributed by atoms with Crippen molar-refractivity contribution >= 4 is 16.8 Å². The minimum absolute atomic E-state index is 0.0653. The lowest BCUT2D eigenvalue weighted by molar-refractivity contribution is 0.0992. The van der Waals surface area contributed by atoms with E-state index in [1.54, 1.807) is 36.8 Å². The molecule has 0 fully saturated rings. The molecule has 2 heterocycles. The summed E-state index contributed by atoms with van der Waals surface area (Å²) < 4.78 is 0. The van der Waals surface area contributed by atoms with Crippen molar-refractivity contribution in [2.24, 2.45) is 0 Å². The molecule has 6 heteroatoms. The minimum atomic E-state index is -0.284. The first-order valence-electron chi connectivity index (χ1n) is 5.72. The van der Waals surface area contributed by atoms with Gasteiger partial charge in [-0.3, -0.25) is 14.8 Å². The molecule has 2 N–H and O–H groups in total. The van der Waals surface area contributed by atoms with Gasteiger partial charge in [0.15, 0.2) is 5.78 Å². The molecule has 6 nitrogen and oxygen atoms in total. The Morgan fingerprint density at radius 2 is 2.00 bits per heavy atom. The van der Waals surface area contributed by atoms with Gasteiger partial charge >= 0.3 is 5.69 Å². The predicted octanol–water partition coefficient (Wildman–Crippen LogP) is 1.07. The Labute approximate surface area is 107 Å². The van der Waals surface area contributed by atoms with E-state index >= 15 is 0 Å². The van der Waals surface area contributed by atoms with Gasteiger partial charge in [-0.2, -0.15) is 0 Å². The molecule has 0 unspecified atom stereocenters. The molecule has 0 aliphatic rings. The summed E-state index contributed by atoms with van der Waals surface area (Å²) in [7, 11) is 0. The summed E-state index contributed by atoms with van der Waals surface area (Å²) >= 11 is 0. The highest BCUT2D eigenvalue weighted by Crippen LogP contribution is 2.12. The highest BCUT2D eigenvalue weighted by Gasteiger charge is 2.09. The van der Waals surface area contributed by atoms with Gasteiger partial charge in [-0.05, 0) is 18.2 Å². The highest BCUT2D eigenvalue weighted by atomic mass is 16.1. The number of aromatic nitrogens is 4. The average Bonchev–Trinajstić information content (AvgIpc) is 2.78. The summed E-state index contributed by atoms with van der Waals surface area (Å²) in [5.74, 6) is -0.0653. The number of hydrogen-bond acceptors (Lipinski definition) is 4. The number of hydrogen-bond donors (Lipinski definition) is 2. The molecule has 0 atom stereocenters. The van der Waals surface area contributed by atoms with E-state index in [-0.39, 0.29) is 17.9 Å². The summed E-state index contributed by atoms with van der Waals surface area (Å²) in [5, 5.41) is 0. The van der Waals surface area contributed by atoms with Gasteiger partial charge in [-0.25, -0.2) is 4.79 Å². The number of imidazole rings is 1. The van der Waals surface area contributed by atoms with E-state index < -0.39 is 0 Å². The SMILES string of the molecule is O=C(Cc1cnccn1)c1ccc2[nH]c(=O)[nH]c2c1. The lowest BCUT2D eigenvalue weighted by Crippen LogP contribution is -2.05. The molecule has 3 aromatic rings. The number of rotatable bonds is 3. The fourth-order valence-corrected chi connectivity index (χ4v) is 1.89. The van der Waals surface area contributed by atoms with Crippen LogP contribution in [0.2, 0.25) is 0 Å². The summed E-state index contributed by atoms with van der Waals surface area (Å²) in [6.07, 6.45) is 4.86. The van der Waals surface area contributed by atoms with Gasteiger partial charge in [0.1, 0.15) is 0 Å². The number of aromatic amines is 2. The third-order valence-corrected chi connectivity index (χ3v) is 2.80. The van der Waals surface area contributed by atoms with Gasteiger partial charge in [0.25, 0.3) is 0 Å². The van der Waals surface area contributed by atoms with E-state index in [1.807, 2.05) is 0 Å². The van der Waals surface area contributed by atoms with E-state index in [2.05, 4.69) is 19.9 Å². The Morgan fingerprint density at radius 1 is 1.16 bits per heavy atom. The third kappa shape index (κ3) is 2.28. The van der Waals surface area contributed by atoms with Crippen LogP contribution in [0.15, 0.2) is 41.6 Å². The number of carbonyl (C=O) groups is 1. The monoisotopic (exact) mass is 254 g/mol. The number of nitrogens with zero attached hydrogens (tertiary/aromatic N) is 2. The first-order chi connectivity index (χ1) is 9.22. The number of benzene rings is 1. The van der Waals surface area contributed by atoms with Gasteiger partial charge in [-0.15, -0.1) is 0 Å². The second-order valence-electron chi connectivity index (χ2n) is 4.14.